The van der Waals surface area contributed by atoms with E-state index in [0.717, 1.165) is 0 Å². The van der Waals surface area contributed by atoms with E-state index in [-0.39, 0.29) is 24.1 Å². The van der Waals surface area contributed by atoms with Crippen LogP contribution in [0.25, 0.3) is 0 Å². The van der Waals surface area contributed by atoms with Gasteiger partial charge in [-0.15, -0.1) is 5.10 Å². The Balaban J connectivity index is 1.39. The van der Waals surface area contributed by atoms with Crippen molar-refractivity contribution in [3.05, 3.63) is 84.1 Å². The summed E-state index contributed by atoms with van der Waals surface area (Å²) in [5.74, 6) is 0.0649. The van der Waals surface area contributed by atoms with Crippen molar-refractivity contribution in [2.75, 3.05) is 5.32 Å². The number of benzene rings is 1. The third-order valence-electron chi connectivity index (χ3n) is 3.81. The summed E-state index contributed by atoms with van der Waals surface area (Å²) in [4.78, 5) is 16.3. The van der Waals surface area contributed by atoms with Crippen LogP contribution in [0.1, 0.15) is 21.9 Å². The van der Waals surface area contributed by atoms with Crippen molar-refractivity contribution < 1.29 is 13.6 Å². The lowest BCUT2D eigenvalue weighted by Gasteiger charge is -2.02. The fourth-order valence-electron chi connectivity index (χ4n) is 2.53. The highest BCUT2D eigenvalue weighted by Crippen LogP contribution is 2.12. The van der Waals surface area contributed by atoms with Crippen LogP contribution in [0.3, 0.4) is 0 Å². The fraction of sp³-hybridized carbons (Fsp3) is 0.111. The van der Waals surface area contributed by atoms with Crippen LogP contribution in [0.2, 0.25) is 0 Å². The minimum Gasteiger partial charge on any atom is -0.454 e. The minimum absolute atomic E-state index is 0.112. The van der Waals surface area contributed by atoms with Crippen molar-refractivity contribution in [3.8, 4) is 0 Å². The Kier molecular flexibility index (Phi) is 4.48. The molecule has 27 heavy (non-hydrogen) atoms. The van der Waals surface area contributed by atoms with Gasteiger partial charge in [0.2, 0.25) is 5.95 Å². The minimum atomic E-state index is -0.467. The van der Waals surface area contributed by atoms with Gasteiger partial charge in [0, 0.05) is 18.0 Å². The average molecular weight is 366 g/mol. The molecule has 0 spiro atoms. The Morgan fingerprint density at radius 2 is 2.00 bits per heavy atom. The number of halogens is 1. The molecule has 0 saturated heterocycles. The molecule has 9 heteroatoms. The van der Waals surface area contributed by atoms with E-state index in [2.05, 4.69) is 20.5 Å². The van der Waals surface area contributed by atoms with E-state index in [1.54, 1.807) is 53.5 Å². The van der Waals surface area contributed by atoms with Crippen LogP contribution in [0.5, 0.6) is 0 Å². The highest BCUT2D eigenvalue weighted by atomic mass is 19.1. The first-order chi connectivity index (χ1) is 13.2. The molecule has 3 aromatic heterocycles. The highest BCUT2D eigenvalue weighted by Gasteiger charge is 2.14. The lowest BCUT2D eigenvalue weighted by atomic mass is 10.2. The number of nitrogens with zero attached hydrogens (tertiary/aromatic N) is 5. The molecule has 0 aliphatic heterocycles. The number of hydrogen-bond acceptors (Lipinski definition) is 5. The summed E-state index contributed by atoms with van der Waals surface area (Å²) >= 11 is 0. The van der Waals surface area contributed by atoms with Gasteiger partial charge in [-0.2, -0.15) is 5.10 Å². The van der Waals surface area contributed by atoms with Crippen molar-refractivity contribution in [1.82, 2.24) is 24.5 Å². The van der Waals surface area contributed by atoms with E-state index in [1.165, 1.54) is 17.1 Å². The first-order valence-corrected chi connectivity index (χ1v) is 8.18. The lowest BCUT2D eigenvalue weighted by Crippen LogP contribution is -2.13. The smallest absolute Gasteiger partial charge is 0.293 e. The number of rotatable bonds is 6. The van der Waals surface area contributed by atoms with Crippen LogP contribution in [0, 0.1) is 5.82 Å². The summed E-state index contributed by atoms with van der Waals surface area (Å²) in [5.41, 5.74) is 0.481. The van der Waals surface area contributed by atoms with E-state index in [4.69, 9.17) is 4.42 Å². The number of aromatic nitrogens is 5. The summed E-state index contributed by atoms with van der Waals surface area (Å²) in [6.07, 6.45) is 4.89. The number of furan rings is 1. The second-order valence-electron chi connectivity index (χ2n) is 5.78. The molecule has 136 valence electrons. The zero-order valence-electron chi connectivity index (χ0n) is 14.1. The Labute approximate surface area is 153 Å². The third kappa shape index (κ3) is 3.92. The number of amides is 1. The van der Waals surface area contributed by atoms with Crippen LogP contribution in [-0.2, 0) is 13.1 Å². The van der Waals surface area contributed by atoms with E-state index < -0.39 is 5.91 Å². The van der Waals surface area contributed by atoms with Crippen molar-refractivity contribution in [2.24, 2.45) is 0 Å². The molecule has 0 aliphatic rings. The summed E-state index contributed by atoms with van der Waals surface area (Å²) in [6.45, 7) is 0.639. The zero-order valence-corrected chi connectivity index (χ0v) is 14.1. The Morgan fingerprint density at radius 1 is 1.11 bits per heavy atom. The van der Waals surface area contributed by atoms with Crippen molar-refractivity contribution in [2.45, 2.75) is 13.1 Å². The van der Waals surface area contributed by atoms with Gasteiger partial charge in [0.25, 0.3) is 5.91 Å². The molecule has 0 bridgehead atoms. The zero-order chi connectivity index (χ0) is 18.6. The number of hydrogen-bond donors (Lipinski definition) is 1. The van der Waals surface area contributed by atoms with E-state index in [1.807, 2.05) is 0 Å². The number of anilines is 1. The van der Waals surface area contributed by atoms with Crippen molar-refractivity contribution in [3.63, 3.8) is 0 Å². The molecule has 4 aromatic rings. The molecule has 0 unspecified atom stereocenters. The Bertz CT molecular complexity index is 1050. The van der Waals surface area contributed by atoms with Gasteiger partial charge in [0.05, 0.1) is 13.1 Å². The summed E-state index contributed by atoms with van der Waals surface area (Å²) < 4.78 is 22.4. The molecule has 1 N–H and O–H groups in total. The lowest BCUT2D eigenvalue weighted by molar-refractivity contribution is 0.0993. The molecule has 8 nitrogen and oxygen atoms in total. The van der Waals surface area contributed by atoms with Crippen LogP contribution in [0.15, 0.2) is 65.6 Å². The average Bonchev–Trinajstić information content (AvgIpc) is 3.40. The maximum Gasteiger partial charge on any atom is 0.293 e. The second-order valence-corrected chi connectivity index (χ2v) is 5.78. The number of carbonyl (C=O) groups is 1. The predicted octanol–water partition coefficient (Wildman–Crippen LogP) is 2.56. The molecule has 0 fully saturated rings. The summed E-state index contributed by atoms with van der Waals surface area (Å²) in [5, 5.41) is 10.8. The molecule has 0 atom stereocenters. The van der Waals surface area contributed by atoms with Crippen LogP contribution in [-0.4, -0.2) is 30.5 Å². The Morgan fingerprint density at radius 3 is 2.81 bits per heavy atom. The van der Waals surface area contributed by atoms with E-state index >= 15 is 0 Å². The molecule has 3 heterocycles. The molecule has 1 aromatic carbocycles. The first-order valence-electron chi connectivity index (χ1n) is 8.18. The quantitative estimate of drug-likeness (QED) is 0.566. The number of nitrogens with one attached hydrogen (secondary N) is 1. The first kappa shape index (κ1) is 16.7. The molecule has 4 rings (SSSR count). The van der Waals surface area contributed by atoms with Gasteiger partial charge in [-0.05, 0) is 24.3 Å². The van der Waals surface area contributed by atoms with Crippen LogP contribution in [0.4, 0.5) is 10.3 Å². The Hall–Kier alpha value is -3.75. The van der Waals surface area contributed by atoms with Crippen LogP contribution < -0.4 is 5.32 Å². The summed E-state index contributed by atoms with van der Waals surface area (Å²) in [7, 11) is 0. The predicted molar refractivity (Wildman–Crippen MR) is 93.5 cm³/mol. The molecular weight excluding hydrogens is 351 g/mol. The van der Waals surface area contributed by atoms with Gasteiger partial charge in [0.15, 0.2) is 5.76 Å². The largest absolute Gasteiger partial charge is 0.454 e. The van der Waals surface area contributed by atoms with E-state index in [0.29, 0.717) is 17.9 Å². The maximum atomic E-state index is 13.7. The fourth-order valence-corrected chi connectivity index (χ4v) is 2.53. The topological polar surface area (TPSA) is 90.8 Å². The van der Waals surface area contributed by atoms with Crippen molar-refractivity contribution in [1.29, 1.82) is 0 Å². The third-order valence-corrected chi connectivity index (χ3v) is 3.81. The normalized spacial score (nSPS) is 10.9. The maximum absolute atomic E-state index is 13.7. The standard InChI is InChI=1S/C18H15FN6O2/c19-15-5-2-1-4-13(15)10-25-12-20-18(23-25)22-17(26)16-7-6-14(27-16)11-24-9-3-8-21-24/h1-9,12H,10-11H2,(H,22,23,26). The molecule has 1 amide bonds. The van der Waals surface area contributed by atoms with Gasteiger partial charge in [0.1, 0.15) is 17.9 Å². The summed E-state index contributed by atoms with van der Waals surface area (Å²) in [6, 6.07) is 11.5. The molecular formula is C18H15FN6O2. The molecule has 0 saturated carbocycles. The monoisotopic (exact) mass is 366 g/mol. The van der Waals surface area contributed by atoms with Gasteiger partial charge in [-0.3, -0.25) is 14.8 Å². The highest BCUT2D eigenvalue weighted by molar-refractivity contribution is 6.01. The van der Waals surface area contributed by atoms with E-state index in [9.17, 15) is 9.18 Å². The van der Waals surface area contributed by atoms with Gasteiger partial charge < -0.3 is 4.42 Å². The number of carbonyl (C=O) groups excluding carboxylic acids is 1. The van der Waals surface area contributed by atoms with Gasteiger partial charge >= 0.3 is 0 Å². The SMILES string of the molecule is O=C(Nc1ncn(Cc2ccccc2F)n1)c1ccc(Cn2cccn2)o1. The molecule has 0 radical (unpaired) electrons. The van der Waals surface area contributed by atoms with Gasteiger partial charge in [-0.25, -0.2) is 14.1 Å². The van der Waals surface area contributed by atoms with Gasteiger partial charge in [-0.1, -0.05) is 18.2 Å². The van der Waals surface area contributed by atoms with Crippen molar-refractivity contribution >= 4 is 11.9 Å². The molecule has 0 aliphatic carbocycles. The van der Waals surface area contributed by atoms with Crippen LogP contribution >= 0.6 is 0 Å². The second kappa shape index (κ2) is 7.24.